The Balaban J connectivity index is 3.52. The van der Waals surface area contributed by atoms with Gasteiger partial charge in [0.05, 0.1) is 12.1 Å². The molecule has 0 aromatic rings. The molecule has 48 valence electrons. The van der Waals surface area contributed by atoms with Gasteiger partial charge in [-0.15, -0.1) is 6.58 Å². The van der Waals surface area contributed by atoms with Gasteiger partial charge in [-0.25, -0.2) is 0 Å². The topological polar surface area (TPSA) is 61.8 Å². The van der Waals surface area contributed by atoms with E-state index in [4.69, 9.17) is 11.0 Å². The summed E-state index contributed by atoms with van der Waals surface area (Å²) in [4.78, 5) is 0. The molecule has 0 heterocycles. The second kappa shape index (κ2) is 4.72. The van der Waals surface area contributed by atoms with E-state index in [0.717, 1.165) is 0 Å². The Morgan fingerprint density at radius 3 is 3.00 bits per heavy atom. The van der Waals surface area contributed by atoms with E-state index < -0.39 is 0 Å². The van der Waals surface area contributed by atoms with E-state index in [1.165, 1.54) is 6.08 Å². The molecule has 0 unspecified atom stereocenters. The van der Waals surface area contributed by atoms with Crippen molar-refractivity contribution in [3.63, 3.8) is 0 Å². The van der Waals surface area contributed by atoms with Crippen LogP contribution in [0.5, 0.6) is 0 Å². The highest BCUT2D eigenvalue weighted by atomic mass is 15.0. The van der Waals surface area contributed by atoms with E-state index in [1.54, 1.807) is 12.1 Å². The summed E-state index contributed by atoms with van der Waals surface area (Å²) in [5, 5.41) is 10.8. The van der Waals surface area contributed by atoms with Crippen LogP contribution in [0.25, 0.3) is 0 Å². The second-order valence-electron chi connectivity index (χ2n) is 1.40. The maximum atomic E-state index is 8.06. The molecule has 0 bridgehead atoms. The monoisotopic (exact) mass is 123 g/mol. The van der Waals surface area contributed by atoms with Gasteiger partial charge in [-0.3, -0.25) is 0 Å². The van der Waals surface area contributed by atoms with Crippen molar-refractivity contribution in [3.05, 3.63) is 24.6 Å². The molecule has 0 aliphatic heterocycles. The van der Waals surface area contributed by atoms with Crippen LogP contribution in [0.3, 0.4) is 0 Å². The lowest BCUT2D eigenvalue weighted by Gasteiger charge is -1.97. The first-order chi connectivity index (χ1) is 4.31. The molecule has 3 nitrogen and oxygen atoms in total. The Kier molecular flexibility index (Phi) is 3.97. The molecular weight excluding hydrogens is 114 g/mol. The third-order valence-electron chi connectivity index (χ3n) is 0.671. The van der Waals surface area contributed by atoms with Crippen LogP contribution in [0.4, 0.5) is 0 Å². The van der Waals surface area contributed by atoms with Crippen molar-refractivity contribution in [2.45, 2.75) is 0 Å². The first kappa shape index (κ1) is 7.57. The molecule has 0 aliphatic carbocycles. The maximum absolute atomic E-state index is 8.06. The molecular formula is C6H9N3. The van der Waals surface area contributed by atoms with Crippen molar-refractivity contribution in [1.29, 1.82) is 5.26 Å². The summed E-state index contributed by atoms with van der Waals surface area (Å²) in [5.74, 6) is 0.373. The zero-order valence-corrected chi connectivity index (χ0v) is 5.09. The quantitative estimate of drug-likeness (QED) is 0.413. The highest BCUT2D eigenvalue weighted by molar-refractivity contribution is 5.08. The first-order valence-electron chi connectivity index (χ1n) is 2.51. The number of nitrogens with one attached hydrogen (secondary N) is 1. The molecule has 9 heavy (non-hydrogen) atoms. The highest BCUT2D eigenvalue weighted by Gasteiger charge is 1.80. The minimum atomic E-state index is 0.373. The molecule has 0 aromatic heterocycles. The van der Waals surface area contributed by atoms with E-state index in [9.17, 15) is 0 Å². The Hall–Kier alpha value is -1.43. The predicted octanol–water partition coefficient (Wildman–Crippen LogP) is 0.0857. The van der Waals surface area contributed by atoms with Gasteiger partial charge in [-0.2, -0.15) is 5.26 Å². The van der Waals surface area contributed by atoms with Gasteiger partial charge in [0.15, 0.2) is 0 Å². The molecule has 0 aliphatic rings. The van der Waals surface area contributed by atoms with E-state index >= 15 is 0 Å². The molecule has 0 rings (SSSR count). The fourth-order valence-electron chi connectivity index (χ4n) is 0.311. The largest absolute Gasteiger partial charge is 0.385 e. The number of hydrogen-bond acceptors (Lipinski definition) is 3. The standard InChI is InChI=1S/C6H9N3/c1-2-5-9-6(8)3-4-7/h2-3,9H,1,5,8H2/b6-3+. The first-order valence-corrected chi connectivity index (χ1v) is 2.51. The van der Waals surface area contributed by atoms with Crippen LogP contribution in [-0.4, -0.2) is 6.54 Å². The average molecular weight is 123 g/mol. The van der Waals surface area contributed by atoms with Gasteiger partial charge in [-0.1, -0.05) is 6.08 Å². The number of nitrogens with zero attached hydrogens (tertiary/aromatic N) is 1. The molecule has 0 atom stereocenters. The molecule has 0 aromatic carbocycles. The van der Waals surface area contributed by atoms with Crippen LogP contribution in [0, 0.1) is 11.3 Å². The van der Waals surface area contributed by atoms with Gasteiger partial charge in [-0.05, 0) is 0 Å². The van der Waals surface area contributed by atoms with Gasteiger partial charge in [0.2, 0.25) is 0 Å². The third kappa shape index (κ3) is 4.42. The van der Waals surface area contributed by atoms with Gasteiger partial charge in [0.25, 0.3) is 0 Å². The highest BCUT2D eigenvalue weighted by Crippen LogP contribution is 1.72. The number of hydrogen-bond donors (Lipinski definition) is 2. The molecule has 0 saturated heterocycles. The third-order valence-corrected chi connectivity index (χ3v) is 0.671. The normalized spacial score (nSPS) is 9.89. The Morgan fingerprint density at radius 2 is 2.56 bits per heavy atom. The van der Waals surface area contributed by atoms with Crippen LogP contribution in [0.2, 0.25) is 0 Å². The number of allylic oxidation sites excluding steroid dienone is 1. The Labute approximate surface area is 54.5 Å². The van der Waals surface area contributed by atoms with E-state index in [1.807, 2.05) is 0 Å². The van der Waals surface area contributed by atoms with Crippen molar-refractivity contribution >= 4 is 0 Å². The van der Waals surface area contributed by atoms with Crippen LogP contribution >= 0.6 is 0 Å². The number of nitriles is 1. The summed E-state index contributed by atoms with van der Waals surface area (Å²) >= 11 is 0. The zero-order chi connectivity index (χ0) is 7.11. The molecule has 0 fully saturated rings. The van der Waals surface area contributed by atoms with Gasteiger partial charge >= 0.3 is 0 Å². The van der Waals surface area contributed by atoms with Crippen molar-refractivity contribution in [3.8, 4) is 6.07 Å². The minimum absolute atomic E-state index is 0.373. The lowest BCUT2D eigenvalue weighted by atomic mass is 10.5. The van der Waals surface area contributed by atoms with Crippen molar-refractivity contribution in [2.24, 2.45) is 5.73 Å². The average Bonchev–Trinajstić information content (AvgIpc) is 1.85. The molecule has 0 radical (unpaired) electrons. The molecule has 0 spiro atoms. The van der Waals surface area contributed by atoms with E-state index in [2.05, 4.69) is 11.9 Å². The van der Waals surface area contributed by atoms with Gasteiger partial charge in [0.1, 0.15) is 5.82 Å². The number of rotatable bonds is 3. The fraction of sp³-hybridized carbons (Fsp3) is 0.167. The molecule has 0 saturated carbocycles. The fourth-order valence-corrected chi connectivity index (χ4v) is 0.311. The molecule has 3 N–H and O–H groups in total. The van der Waals surface area contributed by atoms with E-state index in [0.29, 0.717) is 12.4 Å². The van der Waals surface area contributed by atoms with Gasteiger partial charge < -0.3 is 11.1 Å². The summed E-state index contributed by atoms with van der Waals surface area (Å²) < 4.78 is 0. The molecule has 0 amide bonds. The summed E-state index contributed by atoms with van der Waals surface area (Å²) in [6, 6.07) is 1.79. The molecule has 3 heteroatoms. The minimum Gasteiger partial charge on any atom is -0.385 e. The summed E-state index contributed by atoms with van der Waals surface area (Å²) in [6.07, 6.45) is 2.90. The van der Waals surface area contributed by atoms with Crippen molar-refractivity contribution in [1.82, 2.24) is 5.32 Å². The van der Waals surface area contributed by atoms with Crippen LogP contribution in [-0.2, 0) is 0 Å². The number of nitrogens with two attached hydrogens (primary N) is 1. The lowest BCUT2D eigenvalue weighted by molar-refractivity contribution is 0.889. The summed E-state index contributed by atoms with van der Waals surface area (Å²) in [6.45, 7) is 4.05. The van der Waals surface area contributed by atoms with Crippen molar-refractivity contribution in [2.75, 3.05) is 6.54 Å². The van der Waals surface area contributed by atoms with Crippen LogP contribution < -0.4 is 11.1 Å². The predicted molar refractivity (Wildman–Crippen MR) is 36.1 cm³/mol. The Morgan fingerprint density at radius 1 is 1.89 bits per heavy atom. The summed E-state index contributed by atoms with van der Waals surface area (Å²) in [7, 11) is 0. The second-order valence-corrected chi connectivity index (χ2v) is 1.40. The van der Waals surface area contributed by atoms with E-state index in [-0.39, 0.29) is 0 Å². The smallest absolute Gasteiger partial charge is 0.107 e. The SMILES string of the molecule is C=CCN/C(N)=C/C#N. The van der Waals surface area contributed by atoms with Crippen molar-refractivity contribution < 1.29 is 0 Å². The van der Waals surface area contributed by atoms with Crippen LogP contribution in [0.1, 0.15) is 0 Å². The Bertz CT molecular complexity index is 152. The zero-order valence-electron chi connectivity index (χ0n) is 5.09. The summed E-state index contributed by atoms with van der Waals surface area (Å²) in [5.41, 5.74) is 5.25. The van der Waals surface area contributed by atoms with Crippen LogP contribution in [0.15, 0.2) is 24.6 Å². The van der Waals surface area contributed by atoms with Gasteiger partial charge in [0, 0.05) is 6.54 Å². The maximum Gasteiger partial charge on any atom is 0.107 e. The lowest BCUT2D eigenvalue weighted by Crippen LogP contribution is -2.19.